The Labute approximate surface area is 189 Å². The number of nitrogens with zero attached hydrogens (tertiary/aromatic N) is 2. The van der Waals surface area contributed by atoms with E-state index >= 15 is 0 Å². The summed E-state index contributed by atoms with van der Waals surface area (Å²) in [4.78, 5) is 17.1. The molecule has 1 fully saturated rings. The van der Waals surface area contributed by atoms with Gasteiger partial charge in [0.2, 0.25) is 15.9 Å². The molecule has 1 aliphatic heterocycles. The molecule has 10 heteroatoms. The summed E-state index contributed by atoms with van der Waals surface area (Å²) in [6, 6.07) is 16.1. The molecule has 0 atom stereocenters. The zero-order chi connectivity index (χ0) is 21.7. The van der Waals surface area contributed by atoms with Gasteiger partial charge in [-0.05, 0) is 24.3 Å². The first-order valence-corrected chi connectivity index (χ1v) is 12.9. The molecular weight excluding hydrogens is 454 g/mol. The van der Waals surface area contributed by atoms with Gasteiger partial charge in [0.1, 0.15) is 0 Å². The van der Waals surface area contributed by atoms with E-state index in [-0.39, 0.29) is 16.6 Å². The third kappa shape index (κ3) is 5.52. The Morgan fingerprint density at radius 2 is 1.81 bits per heavy atom. The molecular formula is C21H21N3O4S3. The van der Waals surface area contributed by atoms with Crippen molar-refractivity contribution >= 4 is 44.7 Å². The highest BCUT2D eigenvalue weighted by Crippen LogP contribution is 2.28. The number of ether oxygens (including phenoxy) is 1. The number of aromatic nitrogens is 1. The maximum absolute atomic E-state index is 12.7. The monoisotopic (exact) mass is 475 g/mol. The second kappa shape index (κ2) is 9.92. The maximum Gasteiger partial charge on any atom is 0.243 e. The van der Waals surface area contributed by atoms with E-state index in [2.05, 4.69) is 10.3 Å². The van der Waals surface area contributed by atoms with E-state index in [0.29, 0.717) is 32.0 Å². The Morgan fingerprint density at radius 1 is 1.10 bits per heavy atom. The van der Waals surface area contributed by atoms with Crippen LogP contribution in [0.5, 0.6) is 0 Å². The molecule has 0 aliphatic carbocycles. The van der Waals surface area contributed by atoms with Gasteiger partial charge in [-0.2, -0.15) is 4.31 Å². The fourth-order valence-electron chi connectivity index (χ4n) is 3.04. The summed E-state index contributed by atoms with van der Waals surface area (Å²) in [5.74, 6) is 0.0421. The summed E-state index contributed by atoms with van der Waals surface area (Å²) in [6.45, 7) is 1.50. The normalized spacial score (nSPS) is 15.0. The van der Waals surface area contributed by atoms with Gasteiger partial charge in [-0.15, -0.1) is 11.3 Å². The number of morpholine rings is 1. The van der Waals surface area contributed by atoms with Crippen molar-refractivity contribution in [1.82, 2.24) is 9.29 Å². The average Bonchev–Trinajstić information content (AvgIpc) is 3.28. The molecule has 2 aromatic carbocycles. The van der Waals surface area contributed by atoms with Crippen molar-refractivity contribution in [3.8, 4) is 11.3 Å². The van der Waals surface area contributed by atoms with Crippen LogP contribution in [0.1, 0.15) is 0 Å². The van der Waals surface area contributed by atoms with E-state index in [9.17, 15) is 13.2 Å². The van der Waals surface area contributed by atoms with Crippen LogP contribution in [0, 0.1) is 0 Å². The molecule has 3 aromatic rings. The Kier molecular flexibility index (Phi) is 7.03. The van der Waals surface area contributed by atoms with Crippen LogP contribution in [0.2, 0.25) is 0 Å². The number of thiazole rings is 1. The smallest absolute Gasteiger partial charge is 0.243 e. The molecule has 1 aromatic heterocycles. The number of benzene rings is 2. The number of carbonyl (C=O) groups excluding carboxylic acids is 1. The lowest BCUT2D eigenvalue weighted by atomic mass is 10.2. The van der Waals surface area contributed by atoms with Crippen molar-refractivity contribution in [2.45, 2.75) is 9.24 Å². The van der Waals surface area contributed by atoms with E-state index in [1.807, 2.05) is 35.7 Å². The lowest BCUT2D eigenvalue weighted by Crippen LogP contribution is -2.40. The molecule has 0 spiro atoms. The maximum atomic E-state index is 12.7. The van der Waals surface area contributed by atoms with Gasteiger partial charge in [-0.3, -0.25) is 4.79 Å². The molecule has 1 amide bonds. The number of hydrogen-bond donors (Lipinski definition) is 1. The zero-order valence-electron chi connectivity index (χ0n) is 16.6. The van der Waals surface area contributed by atoms with Gasteiger partial charge in [0, 0.05) is 29.7 Å². The van der Waals surface area contributed by atoms with Gasteiger partial charge >= 0.3 is 0 Å². The van der Waals surface area contributed by atoms with Gasteiger partial charge in [-0.25, -0.2) is 13.4 Å². The molecule has 0 unspecified atom stereocenters. The van der Waals surface area contributed by atoms with E-state index in [1.165, 1.54) is 39.5 Å². The molecule has 162 valence electrons. The quantitative estimate of drug-likeness (QED) is 0.526. The van der Waals surface area contributed by atoms with E-state index in [1.54, 1.807) is 12.1 Å². The molecule has 1 saturated heterocycles. The summed E-state index contributed by atoms with van der Waals surface area (Å²) in [5, 5.41) is 4.77. The van der Waals surface area contributed by atoms with Crippen LogP contribution >= 0.6 is 23.1 Å². The lowest BCUT2D eigenvalue weighted by Gasteiger charge is -2.26. The molecule has 0 radical (unpaired) electrons. The zero-order valence-corrected chi connectivity index (χ0v) is 19.0. The third-order valence-corrected chi connectivity index (χ3v) is 8.56. The standard InChI is InChI=1S/C21H21N3O4S3/c25-20(15-30-21-23-19(14-29-21)16-4-2-1-3-5-16)22-17-6-8-18(9-7-17)31(26,27)24-10-12-28-13-11-24/h1-9,14H,10-13,15H2,(H,22,25). The van der Waals surface area contributed by atoms with Crippen molar-refractivity contribution in [2.24, 2.45) is 0 Å². The highest BCUT2D eigenvalue weighted by Gasteiger charge is 2.26. The molecule has 2 heterocycles. The Morgan fingerprint density at radius 3 is 2.52 bits per heavy atom. The number of anilines is 1. The van der Waals surface area contributed by atoms with Crippen LogP contribution in [0.15, 0.2) is 69.2 Å². The third-order valence-electron chi connectivity index (χ3n) is 4.63. The van der Waals surface area contributed by atoms with Crippen LogP contribution in [0.3, 0.4) is 0 Å². The van der Waals surface area contributed by atoms with E-state index in [4.69, 9.17) is 4.74 Å². The number of amides is 1. The van der Waals surface area contributed by atoms with E-state index < -0.39 is 10.0 Å². The van der Waals surface area contributed by atoms with Crippen molar-refractivity contribution in [3.63, 3.8) is 0 Å². The molecule has 0 saturated carbocycles. The van der Waals surface area contributed by atoms with Crippen LogP contribution < -0.4 is 5.32 Å². The number of rotatable bonds is 7. The van der Waals surface area contributed by atoms with Crippen molar-refractivity contribution in [3.05, 3.63) is 60.0 Å². The summed E-state index contributed by atoms with van der Waals surface area (Å²) in [5.41, 5.74) is 2.49. The molecule has 1 N–H and O–H groups in total. The van der Waals surface area contributed by atoms with Gasteiger partial charge in [-0.1, -0.05) is 42.1 Å². The molecule has 4 rings (SSSR count). The Hall–Kier alpha value is -2.24. The molecule has 1 aliphatic rings. The minimum Gasteiger partial charge on any atom is -0.379 e. The number of thioether (sulfide) groups is 1. The minimum atomic E-state index is -3.54. The van der Waals surface area contributed by atoms with E-state index in [0.717, 1.165) is 15.6 Å². The molecule has 31 heavy (non-hydrogen) atoms. The average molecular weight is 476 g/mol. The summed E-state index contributed by atoms with van der Waals surface area (Å²) < 4.78 is 32.8. The summed E-state index contributed by atoms with van der Waals surface area (Å²) >= 11 is 2.87. The summed E-state index contributed by atoms with van der Waals surface area (Å²) in [7, 11) is -3.54. The van der Waals surface area contributed by atoms with Gasteiger partial charge in [0.05, 0.1) is 29.6 Å². The second-order valence-electron chi connectivity index (χ2n) is 6.74. The largest absolute Gasteiger partial charge is 0.379 e. The first-order valence-electron chi connectivity index (χ1n) is 9.64. The predicted molar refractivity (Wildman–Crippen MR) is 123 cm³/mol. The highest BCUT2D eigenvalue weighted by molar-refractivity contribution is 8.01. The fraction of sp³-hybridized carbons (Fsp3) is 0.238. The second-order valence-corrected chi connectivity index (χ2v) is 10.8. The minimum absolute atomic E-state index is 0.176. The van der Waals surface area contributed by atoms with Crippen LogP contribution in [0.25, 0.3) is 11.3 Å². The van der Waals surface area contributed by atoms with Gasteiger partial charge in [0.25, 0.3) is 0 Å². The lowest BCUT2D eigenvalue weighted by molar-refractivity contribution is -0.113. The number of sulfonamides is 1. The number of carbonyl (C=O) groups is 1. The molecule has 7 nitrogen and oxygen atoms in total. The van der Waals surface area contributed by atoms with Gasteiger partial charge < -0.3 is 10.1 Å². The topological polar surface area (TPSA) is 88.6 Å². The Bertz CT molecular complexity index is 1130. The van der Waals surface area contributed by atoms with Crippen LogP contribution in [-0.4, -0.2) is 55.7 Å². The highest BCUT2D eigenvalue weighted by atomic mass is 32.2. The number of hydrogen-bond acceptors (Lipinski definition) is 7. The first-order chi connectivity index (χ1) is 15.0. The molecule has 0 bridgehead atoms. The summed E-state index contributed by atoms with van der Waals surface area (Å²) in [6.07, 6.45) is 0. The Balaban J connectivity index is 1.31. The number of nitrogens with one attached hydrogen (secondary N) is 1. The SMILES string of the molecule is O=C(CSc1nc(-c2ccccc2)cs1)Nc1ccc(S(=O)(=O)N2CCOCC2)cc1. The van der Waals surface area contributed by atoms with Crippen LogP contribution in [-0.2, 0) is 19.6 Å². The first kappa shape index (κ1) is 22.0. The van der Waals surface area contributed by atoms with Crippen molar-refractivity contribution in [1.29, 1.82) is 0 Å². The fourth-order valence-corrected chi connectivity index (χ4v) is 6.08. The van der Waals surface area contributed by atoms with Crippen molar-refractivity contribution < 1.29 is 17.9 Å². The van der Waals surface area contributed by atoms with Crippen LogP contribution in [0.4, 0.5) is 5.69 Å². The van der Waals surface area contributed by atoms with Crippen molar-refractivity contribution in [2.75, 3.05) is 37.4 Å². The van der Waals surface area contributed by atoms with Gasteiger partial charge in [0.15, 0.2) is 4.34 Å². The predicted octanol–water partition coefficient (Wildman–Crippen LogP) is 3.56.